The summed E-state index contributed by atoms with van der Waals surface area (Å²) in [4.78, 5) is 23.5. The Morgan fingerprint density at radius 1 is 0.963 bits per heavy atom. The Bertz CT molecular complexity index is 754. The number of nitrogens with one attached hydrogen (secondary N) is 1. The first-order valence-electron chi connectivity index (χ1n) is 9.41. The number of carbonyl (C=O) groups excluding carboxylic acids is 1. The minimum atomic E-state index is -0.748. The molecule has 27 heavy (non-hydrogen) atoms. The summed E-state index contributed by atoms with van der Waals surface area (Å²) in [6, 6.07) is 19.4. The summed E-state index contributed by atoms with van der Waals surface area (Å²) in [6.45, 7) is 2.31. The molecule has 1 atom stereocenters. The van der Waals surface area contributed by atoms with Crippen LogP contribution in [0.25, 0.3) is 11.6 Å². The molecule has 1 amide bonds. The summed E-state index contributed by atoms with van der Waals surface area (Å²) in [5, 5.41) is 11.9. The number of rotatable bonds is 10. The van der Waals surface area contributed by atoms with Crippen LogP contribution in [0.3, 0.4) is 0 Å². The largest absolute Gasteiger partial charge is 0.481 e. The Labute approximate surface area is 160 Å². The second-order valence-corrected chi connectivity index (χ2v) is 6.68. The lowest BCUT2D eigenvalue weighted by Gasteiger charge is -2.10. The fourth-order valence-corrected chi connectivity index (χ4v) is 2.79. The first kappa shape index (κ1) is 20.4. The van der Waals surface area contributed by atoms with Gasteiger partial charge >= 0.3 is 5.97 Å². The number of amides is 1. The zero-order valence-electron chi connectivity index (χ0n) is 15.7. The van der Waals surface area contributed by atoms with Gasteiger partial charge in [0.2, 0.25) is 0 Å². The average molecular weight is 365 g/mol. The van der Waals surface area contributed by atoms with E-state index in [1.165, 1.54) is 0 Å². The highest BCUT2D eigenvalue weighted by molar-refractivity contribution is 6.24. The highest BCUT2D eigenvalue weighted by atomic mass is 16.4. The summed E-state index contributed by atoms with van der Waals surface area (Å²) >= 11 is 0. The zero-order chi connectivity index (χ0) is 19.5. The smallest absolute Gasteiger partial charge is 0.306 e. The van der Waals surface area contributed by atoms with Gasteiger partial charge in [0.25, 0.3) is 5.91 Å². The van der Waals surface area contributed by atoms with Crippen LogP contribution in [0.1, 0.15) is 43.7 Å². The van der Waals surface area contributed by atoms with E-state index >= 15 is 0 Å². The highest BCUT2D eigenvalue weighted by Crippen LogP contribution is 2.18. The number of benzene rings is 2. The minimum absolute atomic E-state index is 0.0936. The molecule has 0 fully saturated rings. The lowest BCUT2D eigenvalue weighted by atomic mass is 10.0. The molecule has 2 aromatic rings. The molecule has 2 N–H and O–H groups in total. The van der Waals surface area contributed by atoms with Crippen molar-refractivity contribution in [2.45, 2.75) is 32.6 Å². The van der Waals surface area contributed by atoms with Crippen LogP contribution in [-0.4, -0.2) is 23.5 Å². The van der Waals surface area contributed by atoms with E-state index in [2.05, 4.69) is 5.32 Å². The van der Waals surface area contributed by atoms with Crippen molar-refractivity contribution in [2.24, 2.45) is 5.92 Å². The van der Waals surface area contributed by atoms with E-state index in [4.69, 9.17) is 5.11 Å². The molecule has 0 saturated carbocycles. The van der Waals surface area contributed by atoms with E-state index in [0.717, 1.165) is 30.4 Å². The Morgan fingerprint density at radius 3 is 2.22 bits per heavy atom. The van der Waals surface area contributed by atoms with Crippen LogP contribution < -0.4 is 5.32 Å². The molecule has 0 saturated heterocycles. The Morgan fingerprint density at radius 2 is 1.59 bits per heavy atom. The standard InChI is InChI=1S/C23H27NO3/c1-18(23(26)27)11-5-4-10-16-24-22(25)21(20-14-8-3-9-15-20)17-19-12-6-2-7-13-19/h2-3,6-9,12-15,17-18H,4-5,10-11,16H2,1H3,(H,24,25)(H,26,27). The molecule has 0 radical (unpaired) electrons. The van der Waals surface area contributed by atoms with Crippen molar-refractivity contribution in [3.63, 3.8) is 0 Å². The maximum atomic E-state index is 12.7. The molecular formula is C23H27NO3. The normalized spacial score (nSPS) is 12.4. The zero-order valence-corrected chi connectivity index (χ0v) is 15.7. The van der Waals surface area contributed by atoms with Gasteiger partial charge in [0.1, 0.15) is 0 Å². The van der Waals surface area contributed by atoms with Gasteiger partial charge in [-0.05, 0) is 30.0 Å². The molecule has 0 aliphatic heterocycles. The van der Waals surface area contributed by atoms with Gasteiger partial charge < -0.3 is 10.4 Å². The van der Waals surface area contributed by atoms with Gasteiger partial charge in [0.05, 0.1) is 5.92 Å². The molecule has 0 aliphatic carbocycles. The van der Waals surface area contributed by atoms with Crippen LogP contribution in [0.15, 0.2) is 60.7 Å². The maximum absolute atomic E-state index is 12.7. The van der Waals surface area contributed by atoms with Gasteiger partial charge in [-0.15, -0.1) is 0 Å². The van der Waals surface area contributed by atoms with E-state index in [1.54, 1.807) is 6.92 Å². The molecule has 0 bridgehead atoms. The molecule has 4 heteroatoms. The van der Waals surface area contributed by atoms with Crippen LogP contribution >= 0.6 is 0 Å². The lowest BCUT2D eigenvalue weighted by Crippen LogP contribution is -2.25. The molecule has 0 aliphatic rings. The third kappa shape index (κ3) is 7.10. The predicted molar refractivity (Wildman–Crippen MR) is 109 cm³/mol. The van der Waals surface area contributed by atoms with Gasteiger partial charge in [0.15, 0.2) is 0 Å². The quantitative estimate of drug-likeness (QED) is 0.367. The Balaban J connectivity index is 1.91. The van der Waals surface area contributed by atoms with E-state index < -0.39 is 5.97 Å². The van der Waals surface area contributed by atoms with Crippen LogP contribution in [0.2, 0.25) is 0 Å². The molecule has 2 aromatic carbocycles. The predicted octanol–water partition coefficient (Wildman–Crippen LogP) is 4.62. The second-order valence-electron chi connectivity index (χ2n) is 6.68. The minimum Gasteiger partial charge on any atom is -0.481 e. The first-order chi connectivity index (χ1) is 13.1. The third-order valence-electron chi connectivity index (χ3n) is 4.46. The Kier molecular flexibility index (Phi) is 8.30. The van der Waals surface area contributed by atoms with Crippen molar-refractivity contribution < 1.29 is 14.7 Å². The lowest BCUT2D eigenvalue weighted by molar-refractivity contribution is -0.141. The van der Waals surface area contributed by atoms with Gasteiger partial charge in [-0.1, -0.05) is 80.4 Å². The van der Waals surface area contributed by atoms with Crippen molar-refractivity contribution >= 4 is 23.5 Å². The highest BCUT2D eigenvalue weighted by Gasteiger charge is 2.12. The van der Waals surface area contributed by atoms with Gasteiger partial charge in [-0.25, -0.2) is 0 Å². The SMILES string of the molecule is CC(CCCCCNC(=O)C(=Cc1ccccc1)c1ccccc1)C(=O)O. The summed E-state index contributed by atoms with van der Waals surface area (Å²) in [5.41, 5.74) is 2.50. The summed E-state index contributed by atoms with van der Waals surface area (Å²) in [5.74, 6) is -1.15. The van der Waals surface area contributed by atoms with Crippen molar-refractivity contribution in [1.29, 1.82) is 0 Å². The summed E-state index contributed by atoms with van der Waals surface area (Å²) < 4.78 is 0. The Hall–Kier alpha value is -2.88. The fourth-order valence-electron chi connectivity index (χ4n) is 2.79. The molecule has 0 spiro atoms. The van der Waals surface area contributed by atoms with Crippen LogP contribution in [0, 0.1) is 5.92 Å². The van der Waals surface area contributed by atoms with Gasteiger partial charge in [-0.3, -0.25) is 9.59 Å². The maximum Gasteiger partial charge on any atom is 0.306 e. The van der Waals surface area contributed by atoms with Crippen molar-refractivity contribution in [3.05, 3.63) is 71.8 Å². The van der Waals surface area contributed by atoms with E-state index in [1.807, 2.05) is 66.7 Å². The van der Waals surface area contributed by atoms with E-state index in [0.29, 0.717) is 18.5 Å². The number of unbranched alkanes of at least 4 members (excludes halogenated alkanes) is 2. The fraction of sp³-hybridized carbons (Fsp3) is 0.304. The third-order valence-corrected chi connectivity index (χ3v) is 4.46. The van der Waals surface area contributed by atoms with Crippen molar-refractivity contribution in [2.75, 3.05) is 6.54 Å². The summed E-state index contributed by atoms with van der Waals surface area (Å²) in [7, 11) is 0. The molecular weight excluding hydrogens is 338 g/mol. The van der Waals surface area contributed by atoms with Crippen LogP contribution in [-0.2, 0) is 9.59 Å². The number of hydrogen-bond donors (Lipinski definition) is 2. The van der Waals surface area contributed by atoms with Crippen LogP contribution in [0.4, 0.5) is 0 Å². The van der Waals surface area contributed by atoms with Gasteiger partial charge in [-0.2, -0.15) is 0 Å². The number of carbonyl (C=O) groups is 2. The van der Waals surface area contributed by atoms with Crippen molar-refractivity contribution in [1.82, 2.24) is 5.32 Å². The number of aliphatic carboxylic acids is 1. The molecule has 0 aromatic heterocycles. The molecule has 4 nitrogen and oxygen atoms in total. The number of carboxylic acids is 1. The second kappa shape index (κ2) is 11.0. The molecule has 0 heterocycles. The van der Waals surface area contributed by atoms with E-state index in [-0.39, 0.29) is 11.8 Å². The average Bonchev–Trinajstić information content (AvgIpc) is 2.69. The van der Waals surface area contributed by atoms with Gasteiger partial charge in [0, 0.05) is 12.1 Å². The van der Waals surface area contributed by atoms with E-state index in [9.17, 15) is 9.59 Å². The van der Waals surface area contributed by atoms with Crippen molar-refractivity contribution in [3.8, 4) is 0 Å². The molecule has 142 valence electrons. The number of carboxylic acid groups (broad SMARTS) is 1. The molecule has 2 rings (SSSR count). The molecule has 1 unspecified atom stereocenters. The number of hydrogen-bond acceptors (Lipinski definition) is 2. The van der Waals surface area contributed by atoms with Crippen LogP contribution in [0.5, 0.6) is 0 Å². The monoisotopic (exact) mass is 365 g/mol. The first-order valence-corrected chi connectivity index (χ1v) is 9.41. The topological polar surface area (TPSA) is 66.4 Å². The summed E-state index contributed by atoms with van der Waals surface area (Å²) in [6.07, 6.45) is 5.17.